The molecular weight excluding hydrogens is 396 g/mol. The van der Waals surface area contributed by atoms with Crippen LogP contribution in [0.1, 0.15) is 45.6 Å². The summed E-state index contributed by atoms with van der Waals surface area (Å²) >= 11 is 0. The molecule has 3 amide bonds. The Hall–Kier alpha value is -2.70. The van der Waals surface area contributed by atoms with Gasteiger partial charge in [0.15, 0.2) is 6.61 Å². The number of nitrogens with one attached hydrogen (secondary N) is 1. The maximum absolute atomic E-state index is 13.1. The first-order valence-corrected chi connectivity index (χ1v) is 11.2. The molecule has 0 radical (unpaired) electrons. The summed E-state index contributed by atoms with van der Waals surface area (Å²) in [6, 6.07) is 6.44. The van der Waals surface area contributed by atoms with Gasteiger partial charge in [-0.05, 0) is 61.1 Å². The number of hydrogen-bond acceptors (Lipinski definition) is 5. The summed E-state index contributed by atoms with van der Waals surface area (Å²) in [6.45, 7) is 5.15. The Morgan fingerprint density at radius 3 is 2.16 bits per heavy atom. The summed E-state index contributed by atoms with van der Waals surface area (Å²) in [5.41, 5.74) is 1.77. The molecule has 4 rings (SSSR count). The maximum Gasteiger partial charge on any atom is 0.330 e. The lowest BCUT2D eigenvalue weighted by atomic mass is 9.81. The van der Waals surface area contributed by atoms with Crippen molar-refractivity contribution in [2.24, 2.45) is 29.6 Å². The zero-order chi connectivity index (χ0) is 22.3. The molecule has 1 N–H and O–H groups in total. The number of amides is 3. The van der Waals surface area contributed by atoms with Crippen LogP contribution >= 0.6 is 0 Å². The number of benzene rings is 1. The molecule has 1 aromatic rings. The van der Waals surface area contributed by atoms with E-state index in [1.807, 2.05) is 19.1 Å². The smallest absolute Gasteiger partial charge is 0.330 e. The number of esters is 1. The number of hydrogen-bond donors (Lipinski definition) is 1. The number of aryl methyl sites for hydroxylation is 1. The number of rotatable bonds is 7. The van der Waals surface area contributed by atoms with E-state index in [0.29, 0.717) is 5.69 Å². The molecule has 0 unspecified atom stereocenters. The molecule has 1 saturated heterocycles. The molecule has 0 aromatic heterocycles. The summed E-state index contributed by atoms with van der Waals surface area (Å²) in [4.78, 5) is 52.4. The van der Waals surface area contributed by atoms with Gasteiger partial charge in [0, 0.05) is 5.69 Å². The third-order valence-corrected chi connectivity index (χ3v) is 7.10. The van der Waals surface area contributed by atoms with Crippen molar-refractivity contribution in [3.8, 4) is 0 Å². The van der Waals surface area contributed by atoms with E-state index in [0.717, 1.165) is 36.1 Å². The van der Waals surface area contributed by atoms with Gasteiger partial charge in [0.25, 0.3) is 5.91 Å². The zero-order valence-corrected chi connectivity index (χ0v) is 18.3. The second kappa shape index (κ2) is 8.44. The fourth-order valence-electron chi connectivity index (χ4n) is 5.62. The minimum absolute atomic E-state index is 0.238. The fourth-order valence-corrected chi connectivity index (χ4v) is 5.62. The van der Waals surface area contributed by atoms with E-state index in [-0.39, 0.29) is 41.4 Å². The molecule has 2 bridgehead atoms. The van der Waals surface area contributed by atoms with Crippen LogP contribution in [0.2, 0.25) is 0 Å². The van der Waals surface area contributed by atoms with Crippen molar-refractivity contribution < 1.29 is 23.9 Å². The van der Waals surface area contributed by atoms with Crippen LogP contribution in [0.3, 0.4) is 0 Å². The zero-order valence-electron chi connectivity index (χ0n) is 18.3. The maximum atomic E-state index is 13.1. The second-order valence-electron chi connectivity index (χ2n) is 9.33. The molecule has 1 heterocycles. The summed E-state index contributed by atoms with van der Waals surface area (Å²) in [6.07, 6.45) is 3.81. The number of ether oxygens (including phenoxy) is 1. The van der Waals surface area contributed by atoms with Crippen LogP contribution in [0.5, 0.6) is 0 Å². The molecule has 0 spiro atoms. The van der Waals surface area contributed by atoms with Crippen LogP contribution in [-0.4, -0.2) is 41.2 Å². The topological polar surface area (TPSA) is 92.8 Å². The van der Waals surface area contributed by atoms with Crippen molar-refractivity contribution in [2.45, 2.75) is 52.5 Å². The van der Waals surface area contributed by atoms with Gasteiger partial charge in [0.2, 0.25) is 11.8 Å². The number of nitrogens with zero attached hydrogens (tertiary/aromatic N) is 1. The molecule has 7 nitrogen and oxygen atoms in total. The minimum atomic E-state index is -0.998. The minimum Gasteiger partial charge on any atom is -0.454 e. The highest BCUT2D eigenvalue weighted by atomic mass is 16.5. The molecular formula is C24H30N2O5. The molecule has 166 valence electrons. The van der Waals surface area contributed by atoms with E-state index < -0.39 is 24.5 Å². The standard InChI is InChI=1S/C24H30N2O5/c1-4-14-5-9-17(10-6-14)25-18(27)12-31-24(30)21(13(2)3)26-22(28)19-15-7-8-16(11-15)20(19)23(26)29/h5-6,9-10,13,15-16,19-21H,4,7-8,11-12H2,1-3H3,(H,25,27)/t15-,16+,19-,20-,21+/m0/s1. The van der Waals surface area contributed by atoms with Crippen LogP contribution in [0.4, 0.5) is 5.69 Å². The Balaban J connectivity index is 1.39. The van der Waals surface area contributed by atoms with Gasteiger partial charge in [-0.3, -0.25) is 19.3 Å². The first kappa shape index (κ1) is 21.5. The average Bonchev–Trinajstić information content (AvgIpc) is 3.42. The Bertz CT molecular complexity index is 866. The molecule has 31 heavy (non-hydrogen) atoms. The molecule has 1 aromatic carbocycles. The largest absolute Gasteiger partial charge is 0.454 e. The highest BCUT2D eigenvalue weighted by Crippen LogP contribution is 2.56. The quantitative estimate of drug-likeness (QED) is 0.535. The first-order chi connectivity index (χ1) is 14.8. The normalized spacial score (nSPS) is 27.5. The Labute approximate surface area is 182 Å². The van der Waals surface area contributed by atoms with Gasteiger partial charge in [0.1, 0.15) is 6.04 Å². The van der Waals surface area contributed by atoms with E-state index >= 15 is 0 Å². The Kier molecular flexibility index (Phi) is 5.86. The predicted molar refractivity (Wildman–Crippen MR) is 114 cm³/mol. The summed E-state index contributed by atoms with van der Waals surface area (Å²) in [5.74, 6) is -2.01. The van der Waals surface area contributed by atoms with Gasteiger partial charge in [-0.2, -0.15) is 0 Å². The highest BCUT2D eigenvalue weighted by molar-refractivity contribution is 6.08. The number of imide groups is 1. The third-order valence-electron chi connectivity index (χ3n) is 7.10. The van der Waals surface area contributed by atoms with E-state index in [1.54, 1.807) is 26.0 Å². The van der Waals surface area contributed by atoms with E-state index in [1.165, 1.54) is 0 Å². The Morgan fingerprint density at radius 1 is 1.06 bits per heavy atom. The lowest BCUT2D eigenvalue weighted by Gasteiger charge is -2.28. The molecule has 5 atom stereocenters. The summed E-state index contributed by atoms with van der Waals surface area (Å²) in [5, 5.41) is 2.69. The van der Waals surface area contributed by atoms with Crippen molar-refractivity contribution in [3.63, 3.8) is 0 Å². The number of carbonyl (C=O) groups is 4. The van der Waals surface area contributed by atoms with Crippen molar-refractivity contribution in [3.05, 3.63) is 29.8 Å². The van der Waals surface area contributed by atoms with Crippen molar-refractivity contribution >= 4 is 29.4 Å². The number of likely N-dealkylation sites (tertiary alicyclic amines) is 1. The van der Waals surface area contributed by atoms with Crippen LogP contribution in [0, 0.1) is 29.6 Å². The second-order valence-corrected chi connectivity index (χ2v) is 9.33. The van der Waals surface area contributed by atoms with E-state index in [2.05, 4.69) is 5.32 Å². The average molecular weight is 427 g/mol. The van der Waals surface area contributed by atoms with Crippen LogP contribution in [-0.2, 0) is 30.3 Å². The van der Waals surface area contributed by atoms with Crippen molar-refractivity contribution in [1.82, 2.24) is 4.90 Å². The summed E-state index contributed by atoms with van der Waals surface area (Å²) in [7, 11) is 0. The van der Waals surface area contributed by atoms with Gasteiger partial charge in [-0.25, -0.2) is 4.79 Å². The number of carbonyl (C=O) groups excluding carboxylic acids is 4. The first-order valence-electron chi connectivity index (χ1n) is 11.2. The Morgan fingerprint density at radius 2 is 1.65 bits per heavy atom. The number of fused-ring (bicyclic) bond motifs is 5. The predicted octanol–water partition coefficient (Wildman–Crippen LogP) is 2.79. The van der Waals surface area contributed by atoms with Gasteiger partial charge >= 0.3 is 5.97 Å². The molecule has 3 fully saturated rings. The van der Waals surface area contributed by atoms with Gasteiger partial charge < -0.3 is 10.1 Å². The molecule has 7 heteroatoms. The van der Waals surface area contributed by atoms with Gasteiger partial charge in [-0.15, -0.1) is 0 Å². The molecule has 2 saturated carbocycles. The lowest BCUT2D eigenvalue weighted by Crippen LogP contribution is -2.50. The monoisotopic (exact) mass is 426 g/mol. The van der Waals surface area contributed by atoms with Crippen LogP contribution in [0.25, 0.3) is 0 Å². The highest BCUT2D eigenvalue weighted by Gasteiger charge is 2.62. The van der Waals surface area contributed by atoms with Crippen LogP contribution < -0.4 is 5.32 Å². The van der Waals surface area contributed by atoms with E-state index in [4.69, 9.17) is 4.74 Å². The summed E-state index contributed by atoms with van der Waals surface area (Å²) < 4.78 is 5.25. The molecule has 2 aliphatic carbocycles. The van der Waals surface area contributed by atoms with Gasteiger partial charge in [-0.1, -0.05) is 32.9 Å². The fraction of sp³-hybridized carbons (Fsp3) is 0.583. The molecule has 1 aliphatic heterocycles. The van der Waals surface area contributed by atoms with Crippen molar-refractivity contribution in [1.29, 1.82) is 0 Å². The van der Waals surface area contributed by atoms with E-state index in [9.17, 15) is 19.2 Å². The molecule has 3 aliphatic rings. The third kappa shape index (κ3) is 3.86. The van der Waals surface area contributed by atoms with Crippen LogP contribution in [0.15, 0.2) is 24.3 Å². The lowest BCUT2D eigenvalue weighted by molar-refractivity contribution is -0.162. The SMILES string of the molecule is CCc1ccc(NC(=O)COC(=O)[C@@H](C(C)C)N2C(=O)[C@H]3[C@@H]4CC[C@@H](C4)[C@@H]3C2=O)cc1. The van der Waals surface area contributed by atoms with Gasteiger partial charge in [0.05, 0.1) is 11.8 Å². The van der Waals surface area contributed by atoms with Crippen molar-refractivity contribution in [2.75, 3.05) is 11.9 Å². The number of anilines is 1.